The van der Waals surface area contributed by atoms with Gasteiger partial charge in [-0.1, -0.05) is 37.3 Å². The molecule has 1 N–H and O–H groups in total. The van der Waals surface area contributed by atoms with E-state index in [0.717, 1.165) is 35.7 Å². The minimum Gasteiger partial charge on any atom is -0.373 e. The topological polar surface area (TPSA) is 47.0 Å². The molecule has 1 heterocycles. The average molecular weight is 271 g/mol. The van der Waals surface area contributed by atoms with Crippen LogP contribution < -0.4 is 5.32 Å². The highest BCUT2D eigenvalue weighted by Gasteiger charge is 2.11. The predicted molar refractivity (Wildman–Crippen MR) is 81.7 cm³/mol. The lowest BCUT2D eigenvalue weighted by atomic mass is 10.1. The van der Waals surface area contributed by atoms with E-state index in [-0.39, 0.29) is 0 Å². The minimum absolute atomic E-state index is 0.447. The van der Waals surface area contributed by atoms with Gasteiger partial charge in [0.25, 0.3) is 0 Å². The van der Waals surface area contributed by atoms with E-state index < -0.39 is 0 Å². The van der Waals surface area contributed by atoms with Crippen molar-refractivity contribution >= 4 is 5.82 Å². The summed E-state index contributed by atoms with van der Waals surface area (Å²) >= 11 is 0. The molecule has 1 aromatic carbocycles. The van der Waals surface area contributed by atoms with Gasteiger partial charge in [0.15, 0.2) is 5.82 Å². The van der Waals surface area contributed by atoms with Crippen molar-refractivity contribution in [2.24, 2.45) is 0 Å². The maximum Gasteiger partial charge on any atom is 0.157 e. The third-order valence-electron chi connectivity index (χ3n) is 3.06. The number of benzene rings is 1. The van der Waals surface area contributed by atoms with Crippen molar-refractivity contribution in [2.75, 3.05) is 19.0 Å². The number of anilines is 1. The molecule has 4 nitrogen and oxygen atoms in total. The molecule has 0 radical (unpaired) electrons. The van der Waals surface area contributed by atoms with Crippen molar-refractivity contribution < 1.29 is 4.74 Å². The average Bonchev–Trinajstić information content (AvgIpc) is 2.49. The maximum absolute atomic E-state index is 5.55. The molecule has 0 unspecified atom stereocenters. The summed E-state index contributed by atoms with van der Waals surface area (Å²) in [6, 6.07) is 10.2. The van der Waals surface area contributed by atoms with Gasteiger partial charge >= 0.3 is 0 Å². The Balaban J connectivity index is 2.37. The third-order valence-corrected chi connectivity index (χ3v) is 3.06. The summed E-state index contributed by atoms with van der Waals surface area (Å²) in [5, 5.41) is 3.13. The first-order valence-electron chi connectivity index (χ1n) is 6.94. The van der Waals surface area contributed by atoms with Crippen molar-refractivity contribution in [3.8, 4) is 11.3 Å². The molecule has 106 valence electrons. The Bertz CT molecular complexity index is 555. The highest BCUT2D eigenvalue weighted by Crippen LogP contribution is 2.25. The lowest BCUT2D eigenvalue weighted by Gasteiger charge is -2.12. The third kappa shape index (κ3) is 3.33. The Labute approximate surface area is 120 Å². The standard InChI is InChI=1S/C16H21N3O/c1-4-10-20-11-14-18-15(12(2)16(17-3)19-14)13-8-6-5-7-9-13/h5-9H,4,10-11H2,1-3H3,(H,17,18,19). The summed E-state index contributed by atoms with van der Waals surface area (Å²) in [7, 11) is 1.88. The van der Waals surface area contributed by atoms with Crippen LogP contribution in [-0.2, 0) is 11.3 Å². The number of nitrogens with zero attached hydrogens (tertiary/aromatic N) is 2. The van der Waals surface area contributed by atoms with E-state index in [4.69, 9.17) is 4.74 Å². The van der Waals surface area contributed by atoms with Crippen molar-refractivity contribution in [3.05, 3.63) is 41.7 Å². The fourth-order valence-corrected chi connectivity index (χ4v) is 2.06. The second kappa shape index (κ2) is 7.01. The van der Waals surface area contributed by atoms with Crippen LogP contribution in [0.5, 0.6) is 0 Å². The molecule has 0 spiro atoms. The highest BCUT2D eigenvalue weighted by molar-refractivity contribution is 5.67. The van der Waals surface area contributed by atoms with E-state index in [0.29, 0.717) is 12.4 Å². The van der Waals surface area contributed by atoms with Gasteiger partial charge in [-0.05, 0) is 13.3 Å². The second-order valence-electron chi connectivity index (χ2n) is 4.63. The number of hydrogen-bond donors (Lipinski definition) is 1. The van der Waals surface area contributed by atoms with Crippen LogP contribution in [0.15, 0.2) is 30.3 Å². The Morgan fingerprint density at radius 1 is 1.15 bits per heavy atom. The minimum atomic E-state index is 0.447. The molecule has 4 heteroatoms. The lowest BCUT2D eigenvalue weighted by Crippen LogP contribution is -2.07. The molecule has 0 bridgehead atoms. The van der Waals surface area contributed by atoms with E-state index >= 15 is 0 Å². The number of rotatable bonds is 6. The molecule has 0 atom stereocenters. The predicted octanol–water partition coefficient (Wildman–Crippen LogP) is 3.42. The van der Waals surface area contributed by atoms with Crippen LogP contribution in [0.2, 0.25) is 0 Å². The molecule has 0 amide bonds. The van der Waals surface area contributed by atoms with Crippen LogP contribution in [0.4, 0.5) is 5.82 Å². The molecule has 0 aliphatic carbocycles. The van der Waals surface area contributed by atoms with E-state index in [9.17, 15) is 0 Å². The van der Waals surface area contributed by atoms with Crippen LogP contribution in [0.3, 0.4) is 0 Å². The normalized spacial score (nSPS) is 10.6. The summed E-state index contributed by atoms with van der Waals surface area (Å²) in [6.07, 6.45) is 0.996. The zero-order chi connectivity index (χ0) is 14.4. The summed E-state index contributed by atoms with van der Waals surface area (Å²) in [4.78, 5) is 9.15. The fraction of sp³-hybridized carbons (Fsp3) is 0.375. The Kier molecular flexibility index (Phi) is 5.07. The lowest BCUT2D eigenvalue weighted by molar-refractivity contribution is 0.116. The Morgan fingerprint density at radius 3 is 2.55 bits per heavy atom. The SMILES string of the molecule is CCCOCc1nc(NC)c(C)c(-c2ccccc2)n1. The zero-order valence-electron chi connectivity index (χ0n) is 12.3. The molecular weight excluding hydrogens is 250 g/mol. The molecule has 2 rings (SSSR count). The number of ether oxygens (including phenoxy) is 1. The summed E-state index contributed by atoms with van der Waals surface area (Å²) in [5.74, 6) is 1.57. The first-order chi connectivity index (χ1) is 9.76. The largest absolute Gasteiger partial charge is 0.373 e. The molecule has 0 fully saturated rings. The molecule has 20 heavy (non-hydrogen) atoms. The first-order valence-corrected chi connectivity index (χ1v) is 6.94. The molecular formula is C16H21N3O. The van der Waals surface area contributed by atoms with Crippen molar-refractivity contribution in [1.82, 2.24) is 9.97 Å². The fourth-order valence-electron chi connectivity index (χ4n) is 2.06. The maximum atomic E-state index is 5.55. The van der Waals surface area contributed by atoms with Crippen LogP contribution in [0.1, 0.15) is 24.7 Å². The van der Waals surface area contributed by atoms with Gasteiger partial charge in [-0.15, -0.1) is 0 Å². The first kappa shape index (κ1) is 14.5. The van der Waals surface area contributed by atoms with E-state index in [2.05, 4.69) is 34.3 Å². The van der Waals surface area contributed by atoms with Gasteiger partial charge in [-0.3, -0.25) is 0 Å². The van der Waals surface area contributed by atoms with Crippen molar-refractivity contribution in [1.29, 1.82) is 0 Å². The van der Waals surface area contributed by atoms with E-state index in [1.54, 1.807) is 0 Å². The van der Waals surface area contributed by atoms with Gasteiger partial charge in [0.1, 0.15) is 12.4 Å². The molecule has 0 aliphatic rings. The van der Waals surface area contributed by atoms with Crippen LogP contribution in [0, 0.1) is 6.92 Å². The molecule has 1 aromatic heterocycles. The molecule has 0 saturated carbocycles. The van der Waals surface area contributed by atoms with E-state index in [1.165, 1.54) is 0 Å². The van der Waals surface area contributed by atoms with Crippen molar-refractivity contribution in [3.63, 3.8) is 0 Å². The number of aromatic nitrogens is 2. The van der Waals surface area contributed by atoms with Gasteiger partial charge < -0.3 is 10.1 Å². The molecule has 0 aliphatic heterocycles. The Hall–Kier alpha value is -1.94. The van der Waals surface area contributed by atoms with Gasteiger partial charge in [0, 0.05) is 24.8 Å². The summed E-state index contributed by atoms with van der Waals surface area (Å²) < 4.78 is 5.55. The summed E-state index contributed by atoms with van der Waals surface area (Å²) in [6.45, 7) is 5.30. The monoisotopic (exact) mass is 271 g/mol. The van der Waals surface area contributed by atoms with E-state index in [1.807, 2.05) is 32.2 Å². The highest BCUT2D eigenvalue weighted by atomic mass is 16.5. The molecule has 0 saturated heterocycles. The smallest absolute Gasteiger partial charge is 0.157 e. The van der Waals surface area contributed by atoms with Crippen LogP contribution in [0.25, 0.3) is 11.3 Å². The zero-order valence-corrected chi connectivity index (χ0v) is 12.3. The van der Waals surface area contributed by atoms with Crippen molar-refractivity contribution in [2.45, 2.75) is 26.9 Å². The van der Waals surface area contributed by atoms with Gasteiger partial charge in [-0.2, -0.15) is 0 Å². The van der Waals surface area contributed by atoms with Crippen LogP contribution >= 0.6 is 0 Å². The van der Waals surface area contributed by atoms with Gasteiger partial charge in [-0.25, -0.2) is 9.97 Å². The molecule has 2 aromatic rings. The Morgan fingerprint density at radius 2 is 1.90 bits per heavy atom. The number of nitrogens with one attached hydrogen (secondary N) is 1. The van der Waals surface area contributed by atoms with Gasteiger partial charge in [0.2, 0.25) is 0 Å². The van der Waals surface area contributed by atoms with Gasteiger partial charge in [0.05, 0.1) is 5.69 Å². The van der Waals surface area contributed by atoms with Crippen LogP contribution in [-0.4, -0.2) is 23.6 Å². The quantitative estimate of drug-likeness (QED) is 0.818. The summed E-state index contributed by atoms with van der Waals surface area (Å²) in [5.41, 5.74) is 3.11. The number of hydrogen-bond acceptors (Lipinski definition) is 4. The second-order valence-corrected chi connectivity index (χ2v) is 4.63.